The summed E-state index contributed by atoms with van der Waals surface area (Å²) in [7, 11) is -2.11. The fraction of sp³-hybridized carbons (Fsp3) is 0.588. The van der Waals surface area contributed by atoms with Gasteiger partial charge in [0.1, 0.15) is 10.9 Å². The summed E-state index contributed by atoms with van der Waals surface area (Å²) in [6.07, 6.45) is -3.36. The van der Waals surface area contributed by atoms with Crippen molar-refractivity contribution in [3.05, 3.63) is 27.8 Å². The number of carbonyl (C=O) groups excluding carboxylic acids is 1. The molecule has 1 saturated heterocycles. The molecular weight excluding hydrogens is 505 g/mol. The third-order valence-corrected chi connectivity index (χ3v) is 8.38. The zero-order valence-corrected chi connectivity index (χ0v) is 19.7. The highest BCUT2D eigenvalue weighted by molar-refractivity contribution is 9.10. The number of halogens is 4. The number of hydrogen-bond donors (Lipinski definition) is 0. The molecule has 2 aromatic heterocycles. The zero-order valence-electron chi connectivity index (χ0n) is 17.3. The van der Waals surface area contributed by atoms with Crippen molar-refractivity contribution in [2.75, 3.05) is 26.2 Å². The molecule has 9 nitrogen and oxygen atoms in total. The van der Waals surface area contributed by atoms with E-state index < -0.39 is 33.8 Å². The summed E-state index contributed by atoms with van der Waals surface area (Å²) in [6.45, 7) is 4.95. The van der Waals surface area contributed by atoms with Gasteiger partial charge in [0.05, 0.1) is 22.1 Å². The lowest BCUT2D eigenvalue weighted by molar-refractivity contribution is -0.143. The lowest BCUT2D eigenvalue weighted by Crippen LogP contribution is -2.52. The maximum absolute atomic E-state index is 13.1. The van der Waals surface area contributed by atoms with Crippen molar-refractivity contribution in [2.45, 2.75) is 37.9 Å². The average Bonchev–Trinajstić information content (AvgIpc) is 3.20. The van der Waals surface area contributed by atoms with Gasteiger partial charge < -0.3 is 4.90 Å². The molecule has 0 radical (unpaired) electrons. The first kappa shape index (κ1) is 23.7. The van der Waals surface area contributed by atoms with Gasteiger partial charge in [-0.2, -0.15) is 27.7 Å². The Bertz CT molecular complexity index is 1100. The topological polar surface area (TPSA) is 93.3 Å². The van der Waals surface area contributed by atoms with Crippen molar-refractivity contribution in [2.24, 2.45) is 7.05 Å². The summed E-state index contributed by atoms with van der Waals surface area (Å²) in [5, 5.41) is 7.55. The highest BCUT2D eigenvalue weighted by Crippen LogP contribution is 2.36. The fourth-order valence-corrected chi connectivity index (χ4v) is 5.54. The molecular formula is C17H22BrF3N6O3S. The highest BCUT2D eigenvalue weighted by atomic mass is 79.9. The second-order valence-electron chi connectivity index (χ2n) is 7.31. The fourth-order valence-electron chi connectivity index (χ4n) is 3.45. The van der Waals surface area contributed by atoms with E-state index in [9.17, 15) is 26.4 Å². The van der Waals surface area contributed by atoms with E-state index in [0.29, 0.717) is 5.69 Å². The first-order chi connectivity index (χ1) is 14.3. The standard InChI is InChI=1S/C17H22BrF3N6O3S/c1-10-13(9-22-24(10)4)31(29,30)26-7-5-25(6-8-26)16(28)12(3)27-11(2)14(18)15(23-27)17(19,20)21/h9,12H,5-8H2,1-4H3. The van der Waals surface area contributed by atoms with E-state index in [1.165, 1.54) is 33.9 Å². The quantitative estimate of drug-likeness (QED) is 0.608. The summed E-state index contributed by atoms with van der Waals surface area (Å²) < 4.78 is 68.7. The second-order valence-corrected chi connectivity index (χ2v) is 10.0. The molecule has 31 heavy (non-hydrogen) atoms. The number of nitrogens with zero attached hydrogens (tertiary/aromatic N) is 6. The average molecular weight is 527 g/mol. The highest BCUT2D eigenvalue weighted by Gasteiger charge is 2.40. The molecule has 1 atom stereocenters. The van der Waals surface area contributed by atoms with Gasteiger partial charge in [0.2, 0.25) is 15.9 Å². The minimum Gasteiger partial charge on any atom is -0.338 e. The zero-order chi connectivity index (χ0) is 23.3. The van der Waals surface area contributed by atoms with Crippen LogP contribution in [0.25, 0.3) is 0 Å². The molecule has 0 aliphatic carbocycles. The molecule has 1 unspecified atom stereocenters. The molecule has 0 N–H and O–H groups in total. The maximum Gasteiger partial charge on any atom is 0.436 e. The van der Waals surface area contributed by atoms with E-state index in [1.54, 1.807) is 14.0 Å². The number of alkyl halides is 3. The predicted molar refractivity (Wildman–Crippen MR) is 108 cm³/mol. The predicted octanol–water partition coefficient (Wildman–Crippen LogP) is 2.11. The van der Waals surface area contributed by atoms with Crippen molar-refractivity contribution in [3.63, 3.8) is 0 Å². The smallest absolute Gasteiger partial charge is 0.338 e. The van der Waals surface area contributed by atoms with E-state index >= 15 is 0 Å². The van der Waals surface area contributed by atoms with E-state index in [4.69, 9.17) is 0 Å². The molecule has 0 aromatic carbocycles. The number of carbonyl (C=O) groups is 1. The van der Waals surface area contributed by atoms with E-state index in [1.807, 2.05) is 0 Å². The molecule has 1 fully saturated rings. The normalized spacial score (nSPS) is 17.2. The molecule has 3 rings (SSSR count). The first-order valence-electron chi connectivity index (χ1n) is 9.36. The lowest BCUT2D eigenvalue weighted by Gasteiger charge is -2.35. The van der Waals surface area contributed by atoms with Crippen molar-refractivity contribution in [1.29, 1.82) is 0 Å². The van der Waals surface area contributed by atoms with Gasteiger partial charge >= 0.3 is 6.18 Å². The Kier molecular flexibility index (Phi) is 6.28. The summed E-state index contributed by atoms with van der Waals surface area (Å²) in [6, 6.07) is -0.976. The van der Waals surface area contributed by atoms with Crippen LogP contribution in [0.4, 0.5) is 13.2 Å². The Morgan fingerprint density at radius 3 is 2.19 bits per heavy atom. The van der Waals surface area contributed by atoms with Crippen LogP contribution in [0.15, 0.2) is 15.6 Å². The number of piperazine rings is 1. The van der Waals surface area contributed by atoms with Gasteiger partial charge in [-0.05, 0) is 36.7 Å². The van der Waals surface area contributed by atoms with Crippen LogP contribution in [0.3, 0.4) is 0 Å². The summed E-state index contributed by atoms with van der Waals surface area (Å²) in [5.41, 5.74) is -0.402. The molecule has 0 saturated carbocycles. The van der Waals surface area contributed by atoms with E-state index in [2.05, 4.69) is 26.1 Å². The lowest BCUT2D eigenvalue weighted by atomic mass is 10.2. The molecule has 172 valence electrons. The van der Waals surface area contributed by atoms with E-state index in [0.717, 1.165) is 4.68 Å². The Hall–Kier alpha value is -1.93. The molecule has 1 aliphatic heterocycles. The number of rotatable bonds is 4. The Morgan fingerprint density at radius 1 is 1.16 bits per heavy atom. The molecule has 2 aromatic rings. The van der Waals surface area contributed by atoms with Gasteiger partial charge in [-0.1, -0.05) is 0 Å². The van der Waals surface area contributed by atoms with Gasteiger partial charge in [0, 0.05) is 33.2 Å². The van der Waals surface area contributed by atoms with Crippen molar-refractivity contribution < 1.29 is 26.4 Å². The van der Waals surface area contributed by atoms with Crippen molar-refractivity contribution in [3.8, 4) is 0 Å². The van der Waals surface area contributed by atoms with Crippen molar-refractivity contribution in [1.82, 2.24) is 28.8 Å². The van der Waals surface area contributed by atoms with Crippen molar-refractivity contribution >= 4 is 31.9 Å². The number of sulfonamides is 1. The number of hydrogen-bond acceptors (Lipinski definition) is 5. The molecule has 1 aliphatic rings. The van der Waals surface area contributed by atoms with Crippen LogP contribution in [0.5, 0.6) is 0 Å². The summed E-state index contributed by atoms with van der Waals surface area (Å²) >= 11 is 2.90. The largest absolute Gasteiger partial charge is 0.436 e. The first-order valence-corrected chi connectivity index (χ1v) is 11.6. The van der Waals surface area contributed by atoms with Gasteiger partial charge in [-0.15, -0.1) is 0 Å². The minimum atomic E-state index is -4.65. The van der Waals surface area contributed by atoms with Crippen LogP contribution in [0, 0.1) is 13.8 Å². The monoisotopic (exact) mass is 526 g/mol. The SMILES string of the molecule is Cc1c(S(=O)(=O)N2CCN(C(=O)C(C)n3nc(C(F)(F)F)c(Br)c3C)CC2)cnn1C. The number of aryl methyl sites for hydroxylation is 1. The Balaban J connectivity index is 1.73. The van der Waals surface area contributed by atoms with Crippen LogP contribution >= 0.6 is 15.9 Å². The second kappa shape index (κ2) is 8.20. The van der Waals surface area contributed by atoms with Crippen LogP contribution in [-0.4, -0.2) is 69.3 Å². The van der Waals surface area contributed by atoms with Gasteiger partial charge in [-0.3, -0.25) is 14.2 Å². The number of aromatic nitrogens is 4. The maximum atomic E-state index is 13.1. The molecule has 1 amide bonds. The summed E-state index contributed by atoms with van der Waals surface area (Å²) in [4.78, 5) is 14.4. The molecule has 14 heteroatoms. The third kappa shape index (κ3) is 4.24. The Labute approximate surface area is 186 Å². The van der Waals surface area contributed by atoms with Crippen LogP contribution in [0.1, 0.15) is 30.0 Å². The third-order valence-electron chi connectivity index (χ3n) is 5.43. The summed E-state index contributed by atoms with van der Waals surface area (Å²) in [5.74, 6) is -0.429. The van der Waals surface area contributed by atoms with Gasteiger partial charge in [0.25, 0.3) is 0 Å². The van der Waals surface area contributed by atoms with Gasteiger partial charge in [-0.25, -0.2) is 8.42 Å². The molecule has 3 heterocycles. The van der Waals surface area contributed by atoms with Gasteiger partial charge in [0.15, 0.2) is 5.69 Å². The van der Waals surface area contributed by atoms with E-state index in [-0.39, 0.29) is 41.2 Å². The van der Waals surface area contributed by atoms with Crippen LogP contribution in [0.2, 0.25) is 0 Å². The minimum absolute atomic E-state index is 0.0741. The Morgan fingerprint density at radius 2 is 1.74 bits per heavy atom. The van der Waals surface area contributed by atoms with Crippen LogP contribution < -0.4 is 0 Å². The molecule has 0 bridgehead atoms. The molecule has 0 spiro atoms. The number of amides is 1. The van der Waals surface area contributed by atoms with Crippen LogP contribution in [-0.2, 0) is 28.0 Å².